The number of hydrogen-bond acceptors (Lipinski definition) is 4. The molecule has 0 bridgehead atoms. The van der Waals surface area contributed by atoms with Crippen molar-refractivity contribution in [3.05, 3.63) is 39.2 Å². The van der Waals surface area contributed by atoms with Gasteiger partial charge < -0.3 is 9.52 Å². The van der Waals surface area contributed by atoms with Crippen LogP contribution in [-0.2, 0) is 0 Å². The summed E-state index contributed by atoms with van der Waals surface area (Å²) in [4.78, 5) is 22.8. The molecule has 0 fully saturated rings. The number of Topliss-reactive ketones (excluding diaryl/α,β-unsaturated/α-hetero) is 1. The van der Waals surface area contributed by atoms with Crippen LogP contribution in [0.1, 0.15) is 28.4 Å². The topological polar surface area (TPSA) is 67.5 Å². The zero-order valence-corrected chi connectivity index (χ0v) is 9.83. The number of fused-ring (bicyclic) bond motifs is 1. The minimum Gasteiger partial charge on any atom is -0.507 e. The SMILES string of the molecule is CC(=O)c1c(O)c(C)cc2c(C)cc(=O)oc12. The fraction of sp³-hybridized carbons (Fsp3) is 0.231. The highest BCUT2D eigenvalue weighted by atomic mass is 16.4. The van der Waals surface area contributed by atoms with E-state index in [2.05, 4.69) is 0 Å². The molecule has 0 amide bonds. The van der Waals surface area contributed by atoms with Gasteiger partial charge in [0, 0.05) is 11.5 Å². The van der Waals surface area contributed by atoms with Crippen LogP contribution >= 0.6 is 0 Å². The quantitative estimate of drug-likeness (QED) is 0.605. The summed E-state index contributed by atoms with van der Waals surface area (Å²) < 4.78 is 5.03. The van der Waals surface area contributed by atoms with Crippen molar-refractivity contribution >= 4 is 16.8 Å². The summed E-state index contributed by atoms with van der Waals surface area (Å²) in [6.07, 6.45) is 0. The average molecular weight is 232 g/mol. The van der Waals surface area contributed by atoms with Crippen LogP contribution in [0.5, 0.6) is 5.75 Å². The largest absolute Gasteiger partial charge is 0.507 e. The summed E-state index contributed by atoms with van der Waals surface area (Å²) in [5.41, 5.74) is 1.01. The average Bonchev–Trinajstić information content (AvgIpc) is 2.20. The lowest BCUT2D eigenvalue weighted by atomic mass is 10.0. The van der Waals surface area contributed by atoms with E-state index in [1.165, 1.54) is 13.0 Å². The van der Waals surface area contributed by atoms with Crippen molar-refractivity contribution in [1.29, 1.82) is 0 Å². The van der Waals surface area contributed by atoms with Crippen LogP contribution in [0.3, 0.4) is 0 Å². The highest BCUT2D eigenvalue weighted by molar-refractivity contribution is 6.08. The second-order valence-corrected chi connectivity index (χ2v) is 4.10. The number of aryl methyl sites for hydroxylation is 2. The molecule has 1 aromatic carbocycles. The third-order valence-electron chi connectivity index (χ3n) is 2.76. The Balaban J connectivity index is 3.09. The van der Waals surface area contributed by atoms with Crippen LogP contribution in [0.25, 0.3) is 11.0 Å². The Hall–Kier alpha value is -2.10. The zero-order chi connectivity index (χ0) is 12.7. The standard InChI is InChI=1S/C13H12O4/c1-6-5-10(15)17-13-9(6)4-7(2)12(16)11(13)8(3)14/h4-5,16H,1-3H3. The number of ketones is 1. The minimum absolute atomic E-state index is 0.0702. The van der Waals surface area contributed by atoms with Gasteiger partial charge in [-0.15, -0.1) is 0 Å². The molecule has 88 valence electrons. The van der Waals surface area contributed by atoms with Crippen molar-refractivity contribution in [1.82, 2.24) is 0 Å². The van der Waals surface area contributed by atoms with E-state index in [9.17, 15) is 14.7 Å². The molecule has 2 rings (SSSR count). The maximum absolute atomic E-state index is 11.5. The zero-order valence-electron chi connectivity index (χ0n) is 9.83. The first-order valence-electron chi connectivity index (χ1n) is 5.19. The summed E-state index contributed by atoms with van der Waals surface area (Å²) in [7, 11) is 0. The van der Waals surface area contributed by atoms with Gasteiger partial charge in [0.2, 0.25) is 0 Å². The molecule has 1 aromatic heterocycles. The van der Waals surface area contributed by atoms with Crippen molar-refractivity contribution in [2.75, 3.05) is 0 Å². The van der Waals surface area contributed by atoms with E-state index in [0.717, 1.165) is 5.56 Å². The summed E-state index contributed by atoms with van der Waals surface area (Å²) in [6, 6.07) is 3.07. The molecule has 2 aromatic rings. The summed E-state index contributed by atoms with van der Waals surface area (Å²) >= 11 is 0. The lowest BCUT2D eigenvalue weighted by molar-refractivity contribution is 0.101. The summed E-state index contributed by atoms with van der Waals surface area (Å²) in [5.74, 6) is -0.455. The normalized spacial score (nSPS) is 10.8. The molecule has 0 saturated carbocycles. The first kappa shape index (κ1) is 11.4. The van der Waals surface area contributed by atoms with Crippen LogP contribution in [0.15, 0.2) is 21.3 Å². The number of carbonyl (C=O) groups is 1. The van der Waals surface area contributed by atoms with E-state index in [1.54, 1.807) is 19.9 Å². The Bertz CT molecular complexity index is 680. The van der Waals surface area contributed by atoms with E-state index in [0.29, 0.717) is 10.9 Å². The first-order valence-corrected chi connectivity index (χ1v) is 5.19. The third kappa shape index (κ3) is 1.71. The molecule has 1 heterocycles. The predicted octanol–water partition coefficient (Wildman–Crippen LogP) is 2.32. The summed E-state index contributed by atoms with van der Waals surface area (Å²) in [6.45, 7) is 4.79. The molecule has 0 aliphatic rings. The van der Waals surface area contributed by atoms with E-state index < -0.39 is 5.63 Å². The number of benzene rings is 1. The molecule has 1 N–H and O–H groups in total. The molecule has 0 unspecified atom stereocenters. The second-order valence-electron chi connectivity index (χ2n) is 4.10. The Morgan fingerprint density at radius 2 is 1.88 bits per heavy atom. The van der Waals surface area contributed by atoms with Crippen LogP contribution < -0.4 is 5.63 Å². The smallest absolute Gasteiger partial charge is 0.336 e. The maximum Gasteiger partial charge on any atom is 0.336 e. The summed E-state index contributed by atoms with van der Waals surface area (Å²) in [5, 5.41) is 10.5. The molecular weight excluding hydrogens is 220 g/mol. The van der Waals surface area contributed by atoms with E-state index >= 15 is 0 Å². The molecule has 0 aliphatic carbocycles. The van der Waals surface area contributed by atoms with Gasteiger partial charge in [-0.05, 0) is 38.0 Å². The van der Waals surface area contributed by atoms with Crippen LogP contribution in [0, 0.1) is 13.8 Å². The Labute approximate surface area is 97.5 Å². The van der Waals surface area contributed by atoms with Gasteiger partial charge in [0.1, 0.15) is 11.3 Å². The number of phenolic OH excluding ortho intramolecular Hbond substituents is 1. The van der Waals surface area contributed by atoms with Crippen LogP contribution in [0.2, 0.25) is 0 Å². The molecular formula is C13H12O4. The molecule has 0 atom stereocenters. The molecule has 0 aliphatic heterocycles. The molecule has 17 heavy (non-hydrogen) atoms. The van der Waals surface area contributed by atoms with Gasteiger partial charge in [-0.1, -0.05) is 0 Å². The van der Waals surface area contributed by atoms with Gasteiger partial charge in [0.05, 0.1) is 0 Å². The lowest BCUT2D eigenvalue weighted by Crippen LogP contribution is -2.03. The Kier molecular flexibility index (Phi) is 2.50. The van der Waals surface area contributed by atoms with Gasteiger partial charge >= 0.3 is 5.63 Å². The highest BCUT2D eigenvalue weighted by Gasteiger charge is 2.17. The highest BCUT2D eigenvalue weighted by Crippen LogP contribution is 2.31. The van der Waals surface area contributed by atoms with Crippen molar-refractivity contribution in [2.24, 2.45) is 0 Å². The molecule has 0 saturated heterocycles. The van der Waals surface area contributed by atoms with Crippen molar-refractivity contribution in [2.45, 2.75) is 20.8 Å². The number of carbonyl (C=O) groups excluding carboxylic acids is 1. The van der Waals surface area contributed by atoms with Gasteiger partial charge in [-0.2, -0.15) is 0 Å². The Morgan fingerprint density at radius 3 is 2.47 bits per heavy atom. The van der Waals surface area contributed by atoms with Crippen LogP contribution in [-0.4, -0.2) is 10.9 Å². The number of phenols is 1. The van der Waals surface area contributed by atoms with E-state index in [4.69, 9.17) is 4.42 Å². The lowest BCUT2D eigenvalue weighted by Gasteiger charge is -2.09. The van der Waals surface area contributed by atoms with E-state index in [1.807, 2.05) is 0 Å². The maximum atomic E-state index is 11.5. The van der Waals surface area contributed by atoms with E-state index in [-0.39, 0.29) is 22.7 Å². The van der Waals surface area contributed by atoms with Crippen molar-refractivity contribution in [3.63, 3.8) is 0 Å². The van der Waals surface area contributed by atoms with Gasteiger partial charge in [0.15, 0.2) is 11.4 Å². The molecule has 4 nitrogen and oxygen atoms in total. The number of aromatic hydroxyl groups is 1. The van der Waals surface area contributed by atoms with Crippen molar-refractivity contribution < 1.29 is 14.3 Å². The van der Waals surface area contributed by atoms with Gasteiger partial charge in [-0.3, -0.25) is 4.79 Å². The molecule has 0 radical (unpaired) electrons. The monoisotopic (exact) mass is 232 g/mol. The number of rotatable bonds is 1. The fourth-order valence-corrected chi connectivity index (χ4v) is 1.90. The second kappa shape index (κ2) is 3.73. The van der Waals surface area contributed by atoms with Crippen LogP contribution in [0.4, 0.5) is 0 Å². The molecule has 4 heteroatoms. The van der Waals surface area contributed by atoms with Crippen molar-refractivity contribution in [3.8, 4) is 5.75 Å². The van der Waals surface area contributed by atoms with Gasteiger partial charge in [-0.25, -0.2) is 4.79 Å². The molecule has 0 spiro atoms. The van der Waals surface area contributed by atoms with Gasteiger partial charge in [0.25, 0.3) is 0 Å². The first-order chi connectivity index (χ1) is 7.91. The number of hydrogen-bond donors (Lipinski definition) is 1. The minimum atomic E-state index is -0.527. The predicted molar refractivity (Wildman–Crippen MR) is 63.6 cm³/mol. The third-order valence-corrected chi connectivity index (χ3v) is 2.76. The Morgan fingerprint density at radius 1 is 1.24 bits per heavy atom. The fourth-order valence-electron chi connectivity index (χ4n) is 1.90.